The molecule has 0 amide bonds. The molecule has 0 N–H and O–H groups in total. The molecular weight excluding hydrogens is 381 g/mol. The highest BCUT2D eigenvalue weighted by Gasteiger charge is 2.22. The van der Waals surface area contributed by atoms with Crippen LogP contribution >= 0.6 is 23.2 Å². The fourth-order valence-electron chi connectivity index (χ4n) is 2.46. The zero-order chi connectivity index (χ0) is 18.6. The van der Waals surface area contributed by atoms with Gasteiger partial charge in [-0.15, -0.1) is 0 Å². The molecule has 1 aromatic carbocycles. The predicted molar refractivity (Wildman–Crippen MR) is 103 cm³/mol. The number of rotatable bonds is 7. The Bertz CT molecular complexity index is 822. The van der Waals surface area contributed by atoms with Crippen LogP contribution in [-0.4, -0.2) is 37.8 Å². The van der Waals surface area contributed by atoms with Crippen molar-refractivity contribution >= 4 is 39.0 Å². The van der Waals surface area contributed by atoms with Gasteiger partial charge in [-0.25, -0.2) is 13.4 Å². The van der Waals surface area contributed by atoms with E-state index in [2.05, 4.69) is 4.98 Å². The average molecular weight is 402 g/mol. The van der Waals surface area contributed by atoms with Crippen LogP contribution in [0.25, 0.3) is 0 Å². The summed E-state index contributed by atoms with van der Waals surface area (Å²) in [5.74, 6) is 0.671. The molecule has 0 aliphatic heterocycles. The van der Waals surface area contributed by atoms with Crippen molar-refractivity contribution in [3.05, 3.63) is 52.1 Å². The third-order valence-electron chi connectivity index (χ3n) is 3.86. The summed E-state index contributed by atoms with van der Waals surface area (Å²) in [5, 5.41) is 1.01. The number of pyridine rings is 1. The number of anilines is 1. The quantitative estimate of drug-likeness (QED) is 0.701. The highest BCUT2D eigenvalue weighted by molar-refractivity contribution is 7.89. The second kappa shape index (κ2) is 8.36. The van der Waals surface area contributed by atoms with E-state index >= 15 is 0 Å². The predicted octanol–water partition coefficient (Wildman–Crippen LogP) is 4.06. The molecule has 0 radical (unpaired) electrons. The Labute approximate surface area is 159 Å². The number of benzene rings is 1. The monoisotopic (exact) mass is 401 g/mol. The Morgan fingerprint density at radius 3 is 2.24 bits per heavy atom. The molecule has 0 spiro atoms. The highest BCUT2D eigenvalue weighted by Crippen LogP contribution is 2.24. The SMILES string of the molecule is CCN(CC)S(=O)(=O)c1ccc(N(C)Cc2ccc(Cl)c(Cl)c2)nc1. The van der Waals surface area contributed by atoms with Gasteiger partial charge in [0.2, 0.25) is 10.0 Å². The lowest BCUT2D eigenvalue weighted by Gasteiger charge is -2.20. The molecule has 0 aliphatic carbocycles. The van der Waals surface area contributed by atoms with Crippen LogP contribution in [-0.2, 0) is 16.6 Å². The Morgan fingerprint density at radius 2 is 1.72 bits per heavy atom. The molecule has 0 unspecified atom stereocenters. The minimum Gasteiger partial charge on any atom is -0.355 e. The molecule has 0 saturated heterocycles. The van der Waals surface area contributed by atoms with Gasteiger partial charge in [0, 0.05) is 32.9 Å². The van der Waals surface area contributed by atoms with Crippen molar-refractivity contribution in [2.75, 3.05) is 25.0 Å². The summed E-state index contributed by atoms with van der Waals surface area (Å²) in [6, 6.07) is 8.74. The summed E-state index contributed by atoms with van der Waals surface area (Å²) in [4.78, 5) is 6.40. The van der Waals surface area contributed by atoms with E-state index in [-0.39, 0.29) is 4.90 Å². The molecule has 1 aromatic heterocycles. The van der Waals surface area contributed by atoms with Gasteiger partial charge in [0.25, 0.3) is 0 Å². The van der Waals surface area contributed by atoms with Crippen LogP contribution in [0.2, 0.25) is 10.0 Å². The van der Waals surface area contributed by atoms with Gasteiger partial charge >= 0.3 is 0 Å². The summed E-state index contributed by atoms with van der Waals surface area (Å²) >= 11 is 12.0. The van der Waals surface area contributed by atoms with Crippen LogP contribution in [0.3, 0.4) is 0 Å². The molecule has 0 saturated carbocycles. The van der Waals surface area contributed by atoms with Crippen LogP contribution < -0.4 is 4.90 Å². The first kappa shape index (κ1) is 20.0. The number of nitrogens with zero attached hydrogens (tertiary/aromatic N) is 3. The maximum absolute atomic E-state index is 12.5. The van der Waals surface area contributed by atoms with E-state index in [1.54, 1.807) is 24.3 Å². The minimum absolute atomic E-state index is 0.197. The Hall–Kier alpha value is -1.34. The number of halogens is 2. The zero-order valence-electron chi connectivity index (χ0n) is 14.4. The smallest absolute Gasteiger partial charge is 0.244 e. The van der Waals surface area contributed by atoms with E-state index in [4.69, 9.17) is 23.2 Å². The van der Waals surface area contributed by atoms with E-state index in [0.717, 1.165) is 5.56 Å². The van der Waals surface area contributed by atoms with E-state index in [0.29, 0.717) is 35.5 Å². The highest BCUT2D eigenvalue weighted by atomic mass is 35.5. The van der Waals surface area contributed by atoms with Gasteiger partial charge in [-0.1, -0.05) is 43.1 Å². The normalized spacial score (nSPS) is 11.8. The van der Waals surface area contributed by atoms with Gasteiger partial charge in [0.05, 0.1) is 10.0 Å². The van der Waals surface area contributed by atoms with Gasteiger partial charge in [-0.3, -0.25) is 0 Å². The Morgan fingerprint density at radius 1 is 1.04 bits per heavy atom. The molecule has 8 heteroatoms. The maximum Gasteiger partial charge on any atom is 0.244 e. The van der Waals surface area contributed by atoms with Gasteiger partial charge in [-0.05, 0) is 29.8 Å². The summed E-state index contributed by atoms with van der Waals surface area (Å²) < 4.78 is 26.4. The molecular formula is C17H21Cl2N3O2S. The lowest BCUT2D eigenvalue weighted by Crippen LogP contribution is -2.30. The van der Waals surface area contributed by atoms with E-state index in [1.807, 2.05) is 31.9 Å². The molecule has 5 nitrogen and oxygen atoms in total. The summed E-state index contributed by atoms with van der Waals surface area (Å²) in [6.45, 7) is 5.06. The van der Waals surface area contributed by atoms with E-state index < -0.39 is 10.0 Å². The van der Waals surface area contributed by atoms with Gasteiger partial charge in [-0.2, -0.15) is 4.31 Å². The van der Waals surface area contributed by atoms with Crippen molar-refractivity contribution in [1.82, 2.24) is 9.29 Å². The number of hydrogen-bond donors (Lipinski definition) is 0. The first-order valence-corrected chi connectivity index (χ1v) is 10.1. The molecule has 0 bridgehead atoms. The van der Waals surface area contributed by atoms with Crippen molar-refractivity contribution in [1.29, 1.82) is 0 Å². The first-order valence-electron chi connectivity index (χ1n) is 7.90. The van der Waals surface area contributed by atoms with Crippen LogP contribution in [0.5, 0.6) is 0 Å². The summed E-state index contributed by atoms with van der Waals surface area (Å²) in [7, 11) is -1.61. The third kappa shape index (κ3) is 4.64. The lowest BCUT2D eigenvalue weighted by atomic mass is 10.2. The second-order valence-electron chi connectivity index (χ2n) is 5.55. The topological polar surface area (TPSA) is 53.5 Å². The van der Waals surface area contributed by atoms with E-state index in [9.17, 15) is 8.42 Å². The van der Waals surface area contributed by atoms with Crippen molar-refractivity contribution < 1.29 is 8.42 Å². The van der Waals surface area contributed by atoms with Crippen LogP contribution in [0, 0.1) is 0 Å². The van der Waals surface area contributed by atoms with Crippen LogP contribution in [0.15, 0.2) is 41.4 Å². The van der Waals surface area contributed by atoms with Crippen molar-refractivity contribution in [3.8, 4) is 0 Å². The Kier molecular flexibility index (Phi) is 6.68. The fourth-order valence-corrected chi connectivity index (χ4v) is 4.18. The first-order chi connectivity index (χ1) is 11.8. The fraction of sp³-hybridized carbons (Fsp3) is 0.353. The second-order valence-corrected chi connectivity index (χ2v) is 8.30. The molecule has 0 atom stereocenters. The van der Waals surface area contributed by atoms with Gasteiger partial charge < -0.3 is 4.90 Å². The number of aromatic nitrogens is 1. The summed E-state index contributed by atoms with van der Waals surface area (Å²) in [6.07, 6.45) is 1.40. The molecule has 0 fully saturated rings. The lowest BCUT2D eigenvalue weighted by molar-refractivity contribution is 0.445. The van der Waals surface area contributed by atoms with Gasteiger partial charge in [0.15, 0.2) is 0 Å². The number of hydrogen-bond acceptors (Lipinski definition) is 4. The van der Waals surface area contributed by atoms with Crippen LogP contribution in [0.1, 0.15) is 19.4 Å². The maximum atomic E-state index is 12.5. The average Bonchev–Trinajstić information content (AvgIpc) is 2.59. The molecule has 136 valence electrons. The largest absolute Gasteiger partial charge is 0.355 e. The molecule has 0 aliphatic rings. The van der Waals surface area contributed by atoms with E-state index in [1.165, 1.54) is 10.5 Å². The Balaban J connectivity index is 2.17. The molecule has 25 heavy (non-hydrogen) atoms. The molecule has 2 rings (SSSR count). The van der Waals surface area contributed by atoms with Crippen molar-refractivity contribution in [2.45, 2.75) is 25.3 Å². The summed E-state index contributed by atoms with van der Waals surface area (Å²) in [5.41, 5.74) is 0.985. The van der Waals surface area contributed by atoms with Gasteiger partial charge in [0.1, 0.15) is 10.7 Å². The zero-order valence-corrected chi connectivity index (χ0v) is 16.7. The van der Waals surface area contributed by atoms with Crippen LogP contribution in [0.4, 0.5) is 5.82 Å². The number of sulfonamides is 1. The van der Waals surface area contributed by atoms with Crippen molar-refractivity contribution in [3.63, 3.8) is 0 Å². The minimum atomic E-state index is -3.49. The van der Waals surface area contributed by atoms with Crippen molar-refractivity contribution in [2.24, 2.45) is 0 Å². The standard InChI is InChI=1S/C17H21Cl2N3O2S/c1-4-22(5-2)25(23,24)14-7-9-17(20-11-14)21(3)12-13-6-8-15(18)16(19)10-13/h6-11H,4-5,12H2,1-3H3. The third-order valence-corrected chi connectivity index (χ3v) is 6.63. The molecule has 1 heterocycles. The molecule has 2 aromatic rings.